The number of morpholine rings is 1. The fraction of sp³-hybridized carbons (Fsp3) is 0.450. The molecule has 0 bridgehead atoms. The first-order valence-corrected chi connectivity index (χ1v) is 11.5. The van der Waals surface area contributed by atoms with Crippen LogP contribution in [0.2, 0.25) is 10.0 Å². The first-order valence-electron chi connectivity index (χ1n) is 9.84. The van der Waals surface area contributed by atoms with Crippen molar-refractivity contribution in [3.63, 3.8) is 0 Å². The van der Waals surface area contributed by atoms with Crippen molar-refractivity contribution in [3.8, 4) is 0 Å². The number of halogens is 2. The Morgan fingerprint density at radius 1 is 1.13 bits per heavy atom. The van der Waals surface area contributed by atoms with Crippen molar-refractivity contribution in [3.05, 3.63) is 39.3 Å². The molecule has 2 aromatic rings. The second-order valence-electron chi connectivity index (χ2n) is 7.32. The number of carbonyl (C=O) groups excluding carboxylic acids is 2. The maximum atomic E-state index is 13.0. The number of rotatable bonds is 4. The third kappa shape index (κ3) is 4.88. The van der Waals surface area contributed by atoms with E-state index in [1.807, 2.05) is 4.90 Å². The molecule has 30 heavy (non-hydrogen) atoms. The van der Waals surface area contributed by atoms with Gasteiger partial charge >= 0.3 is 0 Å². The van der Waals surface area contributed by atoms with Crippen LogP contribution in [0.3, 0.4) is 0 Å². The van der Waals surface area contributed by atoms with Crippen LogP contribution in [0.15, 0.2) is 23.6 Å². The van der Waals surface area contributed by atoms with Crippen LogP contribution < -0.4 is 5.32 Å². The molecule has 0 aliphatic carbocycles. The number of aromatic nitrogens is 1. The Kier molecular flexibility index (Phi) is 6.77. The zero-order valence-corrected chi connectivity index (χ0v) is 18.6. The number of piperidine rings is 1. The number of nitrogens with one attached hydrogen (secondary N) is 1. The SMILES string of the molecule is O=C(c1csc(Nc2ccc(Cl)c(Cl)c2)n1)N1CCC[C@@H](C(=O)N2CCOCC2)C1. The van der Waals surface area contributed by atoms with Crippen LogP contribution in [-0.4, -0.2) is 66.0 Å². The third-order valence-corrected chi connectivity index (χ3v) is 6.77. The van der Waals surface area contributed by atoms with Gasteiger partial charge in [-0.1, -0.05) is 23.2 Å². The number of ether oxygens (including phenoxy) is 1. The van der Waals surface area contributed by atoms with Crippen molar-refractivity contribution in [2.45, 2.75) is 12.8 Å². The standard InChI is InChI=1S/C20H22Cl2N4O3S/c21-15-4-3-14(10-16(15)22)23-20-24-17(12-30-20)19(28)26-5-1-2-13(11-26)18(27)25-6-8-29-9-7-25/h3-4,10,12-13H,1-2,5-9,11H2,(H,23,24)/t13-/m1/s1. The van der Waals surface area contributed by atoms with Gasteiger partial charge < -0.3 is 19.9 Å². The van der Waals surface area contributed by atoms with Crippen molar-refractivity contribution in [2.24, 2.45) is 5.92 Å². The van der Waals surface area contributed by atoms with Crippen molar-refractivity contribution in [2.75, 3.05) is 44.7 Å². The fourth-order valence-corrected chi connectivity index (χ4v) is 4.70. The van der Waals surface area contributed by atoms with Crippen molar-refractivity contribution in [1.29, 1.82) is 0 Å². The Morgan fingerprint density at radius 3 is 2.70 bits per heavy atom. The van der Waals surface area contributed by atoms with Crippen molar-refractivity contribution < 1.29 is 14.3 Å². The molecule has 3 heterocycles. The molecule has 0 spiro atoms. The number of likely N-dealkylation sites (tertiary alicyclic amines) is 1. The summed E-state index contributed by atoms with van der Waals surface area (Å²) in [6.45, 7) is 3.47. The van der Waals surface area contributed by atoms with Gasteiger partial charge in [-0.25, -0.2) is 4.98 Å². The highest BCUT2D eigenvalue weighted by atomic mass is 35.5. The average Bonchev–Trinajstić information content (AvgIpc) is 3.24. The van der Waals surface area contributed by atoms with E-state index < -0.39 is 0 Å². The Balaban J connectivity index is 1.39. The van der Waals surface area contributed by atoms with E-state index >= 15 is 0 Å². The zero-order chi connectivity index (χ0) is 21.1. The predicted molar refractivity (Wildman–Crippen MR) is 118 cm³/mol. The quantitative estimate of drug-likeness (QED) is 0.735. The molecule has 7 nitrogen and oxygen atoms in total. The summed E-state index contributed by atoms with van der Waals surface area (Å²) in [5, 5.41) is 6.38. The van der Waals surface area contributed by atoms with Gasteiger partial charge in [-0.3, -0.25) is 9.59 Å². The van der Waals surface area contributed by atoms with Crippen LogP contribution >= 0.6 is 34.5 Å². The van der Waals surface area contributed by atoms with Crippen LogP contribution in [0.25, 0.3) is 0 Å². The van der Waals surface area contributed by atoms with E-state index in [-0.39, 0.29) is 17.7 Å². The zero-order valence-electron chi connectivity index (χ0n) is 16.3. The van der Waals surface area contributed by atoms with Crippen LogP contribution in [0.1, 0.15) is 23.3 Å². The van der Waals surface area contributed by atoms with Crippen molar-refractivity contribution >= 4 is 57.2 Å². The van der Waals surface area contributed by atoms with Gasteiger partial charge in [0, 0.05) is 37.2 Å². The molecule has 1 atom stereocenters. The van der Waals surface area contributed by atoms with E-state index in [0.717, 1.165) is 18.5 Å². The molecule has 10 heteroatoms. The summed E-state index contributed by atoms with van der Waals surface area (Å²) in [6, 6.07) is 5.20. The molecule has 4 rings (SSSR count). The number of anilines is 2. The minimum absolute atomic E-state index is 0.121. The number of benzene rings is 1. The van der Waals surface area contributed by atoms with E-state index in [2.05, 4.69) is 10.3 Å². The number of thiazole rings is 1. The number of nitrogens with zero attached hydrogens (tertiary/aromatic N) is 3. The summed E-state index contributed by atoms with van der Waals surface area (Å²) in [6.07, 6.45) is 1.62. The molecular formula is C20H22Cl2N4O3S. The normalized spacial score (nSPS) is 19.6. The second kappa shape index (κ2) is 9.51. The number of amides is 2. The lowest BCUT2D eigenvalue weighted by atomic mass is 9.96. The Hall–Kier alpha value is -1.87. The summed E-state index contributed by atoms with van der Waals surface area (Å²) in [5.74, 6) is -0.183. The van der Waals surface area contributed by atoms with Gasteiger partial charge in [0.1, 0.15) is 5.69 Å². The molecule has 2 saturated heterocycles. The molecule has 0 saturated carbocycles. The van der Waals surface area contributed by atoms with Gasteiger partial charge in [0.25, 0.3) is 5.91 Å². The minimum Gasteiger partial charge on any atom is -0.378 e. The maximum absolute atomic E-state index is 13.0. The van der Waals surface area contributed by atoms with E-state index in [0.29, 0.717) is 60.3 Å². The minimum atomic E-state index is -0.159. The van der Waals surface area contributed by atoms with Gasteiger partial charge in [0.05, 0.1) is 29.2 Å². The highest BCUT2D eigenvalue weighted by Crippen LogP contribution is 2.29. The highest BCUT2D eigenvalue weighted by molar-refractivity contribution is 7.14. The van der Waals surface area contributed by atoms with Gasteiger partial charge in [-0.15, -0.1) is 11.3 Å². The van der Waals surface area contributed by atoms with Gasteiger partial charge in [0.2, 0.25) is 5.91 Å². The Morgan fingerprint density at radius 2 is 1.93 bits per heavy atom. The first-order chi connectivity index (χ1) is 14.5. The summed E-state index contributed by atoms with van der Waals surface area (Å²) < 4.78 is 5.33. The molecule has 0 unspecified atom stereocenters. The monoisotopic (exact) mass is 468 g/mol. The Labute approximate surface area is 188 Å². The van der Waals surface area contributed by atoms with E-state index in [1.54, 1.807) is 28.5 Å². The molecule has 2 aliphatic rings. The van der Waals surface area contributed by atoms with Crippen LogP contribution in [0.4, 0.5) is 10.8 Å². The van der Waals surface area contributed by atoms with Crippen molar-refractivity contribution in [1.82, 2.24) is 14.8 Å². The largest absolute Gasteiger partial charge is 0.378 e. The average molecular weight is 469 g/mol. The summed E-state index contributed by atoms with van der Waals surface area (Å²) in [7, 11) is 0. The Bertz CT molecular complexity index is 933. The second-order valence-corrected chi connectivity index (χ2v) is 8.99. The molecule has 2 aliphatic heterocycles. The van der Waals surface area contributed by atoms with Gasteiger partial charge in [0.15, 0.2) is 5.13 Å². The number of hydrogen-bond acceptors (Lipinski definition) is 6. The lowest BCUT2D eigenvalue weighted by Crippen LogP contribution is -2.49. The molecule has 2 amide bonds. The third-order valence-electron chi connectivity index (χ3n) is 5.27. The first kappa shape index (κ1) is 21.4. The maximum Gasteiger partial charge on any atom is 0.273 e. The molecular weight excluding hydrogens is 447 g/mol. The van der Waals surface area contributed by atoms with Crippen LogP contribution in [0.5, 0.6) is 0 Å². The lowest BCUT2D eigenvalue weighted by molar-refractivity contribution is -0.141. The molecule has 1 aromatic heterocycles. The number of hydrogen-bond donors (Lipinski definition) is 1. The van der Waals surface area contributed by atoms with Crippen LogP contribution in [-0.2, 0) is 9.53 Å². The van der Waals surface area contributed by atoms with E-state index in [4.69, 9.17) is 27.9 Å². The topological polar surface area (TPSA) is 74.8 Å². The molecule has 1 N–H and O–H groups in total. The molecule has 0 radical (unpaired) electrons. The van der Waals surface area contributed by atoms with Gasteiger partial charge in [-0.2, -0.15) is 0 Å². The predicted octanol–water partition coefficient (Wildman–Crippen LogP) is 3.90. The van der Waals surface area contributed by atoms with Crippen LogP contribution in [0, 0.1) is 5.92 Å². The molecule has 1 aromatic carbocycles. The number of carbonyl (C=O) groups is 2. The summed E-state index contributed by atoms with van der Waals surface area (Å²) in [4.78, 5) is 33.8. The molecule has 160 valence electrons. The summed E-state index contributed by atoms with van der Waals surface area (Å²) >= 11 is 13.3. The highest BCUT2D eigenvalue weighted by Gasteiger charge is 2.32. The summed E-state index contributed by atoms with van der Waals surface area (Å²) in [5.41, 5.74) is 1.12. The fourth-order valence-electron chi connectivity index (χ4n) is 3.69. The lowest BCUT2D eigenvalue weighted by Gasteiger charge is -2.36. The van der Waals surface area contributed by atoms with E-state index in [1.165, 1.54) is 11.3 Å². The smallest absolute Gasteiger partial charge is 0.273 e. The van der Waals surface area contributed by atoms with Gasteiger partial charge in [-0.05, 0) is 31.0 Å². The molecule has 2 fully saturated rings. The van der Waals surface area contributed by atoms with E-state index in [9.17, 15) is 9.59 Å².